The molecular formula is C20H27N3O2. The van der Waals surface area contributed by atoms with Crippen LogP contribution in [-0.2, 0) is 17.8 Å². The predicted octanol–water partition coefficient (Wildman–Crippen LogP) is 2.70. The number of piperidine rings is 1. The lowest BCUT2D eigenvalue weighted by atomic mass is 9.89. The second kappa shape index (κ2) is 7.28. The molecule has 0 amide bonds. The highest BCUT2D eigenvalue weighted by Gasteiger charge is 2.44. The molecule has 4 rings (SSSR count). The van der Waals surface area contributed by atoms with E-state index in [0.717, 1.165) is 50.7 Å². The van der Waals surface area contributed by atoms with E-state index in [4.69, 9.17) is 9.15 Å². The minimum atomic E-state index is 0.360. The van der Waals surface area contributed by atoms with Gasteiger partial charge in [0.15, 0.2) is 0 Å². The zero-order chi connectivity index (χ0) is 17.2. The Balaban J connectivity index is 1.47. The number of hydrogen-bond donors (Lipinski definition) is 0. The molecule has 0 aromatic carbocycles. The van der Waals surface area contributed by atoms with Gasteiger partial charge in [0.25, 0.3) is 0 Å². The average molecular weight is 341 g/mol. The van der Waals surface area contributed by atoms with Crippen LogP contribution in [0.5, 0.6) is 0 Å². The summed E-state index contributed by atoms with van der Waals surface area (Å²) < 4.78 is 11.6. The third-order valence-electron chi connectivity index (χ3n) is 5.64. The van der Waals surface area contributed by atoms with Gasteiger partial charge in [-0.25, -0.2) is 0 Å². The number of ether oxygens (including phenoxy) is 1. The number of aryl methyl sites for hydroxylation is 1. The predicted molar refractivity (Wildman–Crippen MR) is 96.1 cm³/mol. The highest BCUT2D eigenvalue weighted by molar-refractivity contribution is 5.11. The van der Waals surface area contributed by atoms with Gasteiger partial charge in [-0.15, -0.1) is 0 Å². The second-order valence-electron chi connectivity index (χ2n) is 7.33. The van der Waals surface area contributed by atoms with Crippen molar-refractivity contribution < 1.29 is 9.15 Å². The van der Waals surface area contributed by atoms with Gasteiger partial charge in [0.05, 0.1) is 12.6 Å². The Morgan fingerprint density at radius 1 is 1.24 bits per heavy atom. The smallest absolute Gasteiger partial charge is 0.118 e. The Kier molecular flexibility index (Phi) is 4.88. The molecule has 0 radical (unpaired) electrons. The van der Waals surface area contributed by atoms with Crippen molar-refractivity contribution in [3.05, 3.63) is 53.7 Å². The maximum absolute atomic E-state index is 5.82. The van der Waals surface area contributed by atoms with Gasteiger partial charge in [-0.05, 0) is 37.1 Å². The molecule has 2 aliphatic rings. The monoisotopic (exact) mass is 341 g/mol. The molecular weight excluding hydrogens is 314 g/mol. The lowest BCUT2D eigenvalue weighted by Gasteiger charge is -2.40. The Hall–Kier alpha value is -1.69. The van der Waals surface area contributed by atoms with Crippen molar-refractivity contribution in [1.82, 2.24) is 14.8 Å². The SMILES string of the molecule is CO[C@@H]1CCN(Cc2ccc(C)o2)[C@@H]2CN(Cc3cccnc3)C[C@@H]21. The highest BCUT2D eigenvalue weighted by Crippen LogP contribution is 2.34. The van der Waals surface area contributed by atoms with Gasteiger partial charge in [0.1, 0.15) is 11.5 Å². The quantitative estimate of drug-likeness (QED) is 0.836. The molecule has 2 aromatic rings. The second-order valence-corrected chi connectivity index (χ2v) is 7.33. The van der Waals surface area contributed by atoms with E-state index in [0.29, 0.717) is 18.1 Å². The van der Waals surface area contributed by atoms with E-state index in [-0.39, 0.29) is 0 Å². The van der Waals surface area contributed by atoms with Crippen molar-refractivity contribution in [3.63, 3.8) is 0 Å². The summed E-state index contributed by atoms with van der Waals surface area (Å²) in [5.74, 6) is 2.62. The van der Waals surface area contributed by atoms with E-state index in [1.807, 2.05) is 32.5 Å². The summed E-state index contributed by atoms with van der Waals surface area (Å²) in [6.45, 7) is 7.11. The summed E-state index contributed by atoms with van der Waals surface area (Å²) in [5, 5.41) is 0. The molecule has 0 saturated carbocycles. The van der Waals surface area contributed by atoms with Gasteiger partial charge < -0.3 is 9.15 Å². The summed E-state index contributed by atoms with van der Waals surface area (Å²) in [6, 6.07) is 8.86. The lowest BCUT2D eigenvalue weighted by molar-refractivity contribution is -0.0263. The standard InChI is InChI=1S/C20H27N3O2/c1-15-5-6-17(25-15)12-23-9-7-20(24-2)18-13-22(14-19(18)23)11-16-4-3-8-21-10-16/h3-6,8,10,18-20H,7,9,11-14H2,1-2H3/t18-,19+,20+/m0/s1. The van der Waals surface area contributed by atoms with Crippen molar-refractivity contribution in [2.24, 2.45) is 5.92 Å². The van der Waals surface area contributed by atoms with Crippen LogP contribution in [0.2, 0.25) is 0 Å². The summed E-state index contributed by atoms with van der Waals surface area (Å²) in [5.41, 5.74) is 1.28. The van der Waals surface area contributed by atoms with Gasteiger partial charge >= 0.3 is 0 Å². The zero-order valence-electron chi connectivity index (χ0n) is 15.1. The Morgan fingerprint density at radius 3 is 2.88 bits per heavy atom. The van der Waals surface area contributed by atoms with Crippen molar-refractivity contribution >= 4 is 0 Å². The molecule has 4 heterocycles. The van der Waals surface area contributed by atoms with Crippen LogP contribution in [0.3, 0.4) is 0 Å². The molecule has 2 saturated heterocycles. The van der Waals surface area contributed by atoms with E-state index < -0.39 is 0 Å². The number of methoxy groups -OCH3 is 1. The minimum absolute atomic E-state index is 0.360. The van der Waals surface area contributed by atoms with Gasteiger partial charge in [-0.1, -0.05) is 6.07 Å². The number of rotatable bonds is 5. The summed E-state index contributed by atoms with van der Waals surface area (Å²) in [6.07, 6.45) is 5.26. The van der Waals surface area contributed by atoms with E-state index >= 15 is 0 Å². The first-order valence-corrected chi connectivity index (χ1v) is 9.16. The molecule has 5 heteroatoms. The molecule has 5 nitrogen and oxygen atoms in total. The topological polar surface area (TPSA) is 41.7 Å². The third kappa shape index (κ3) is 3.64. The van der Waals surface area contributed by atoms with Crippen molar-refractivity contribution in [2.45, 2.75) is 38.6 Å². The molecule has 0 bridgehead atoms. The summed E-state index contributed by atoms with van der Waals surface area (Å²) in [7, 11) is 1.86. The Bertz CT molecular complexity index is 687. The van der Waals surface area contributed by atoms with Crippen molar-refractivity contribution in [1.29, 1.82) is 0 Å². The first kappa shape index (κ1) is 16.8. The van der Waals surface area contributed by atoms with Crippen LogP contribution < -0.4 is 0 Å². The fraction of sp³-hybridized carbons (Fsp3) is 0.550. The Labute approximate surface area is 149 Å². The lowest BCUT2D eigenvalue weighted by Crippen LogP contribution is -2.50. The van der Waals surface area contributed by atoms with Crippen molar-refractivity contribution in [2.75, 3.05) is 26.7 Å². The molecule has 25 heavy (non-hydrogen) atoms. The van der Waals surface area contributed by atoms with Crippen LogP contribution in [0.1, 0.15) is 23.5 Å². The Morgan fingerprint density at radius 2 is 2.16 bits per heavy atom. The van der Waals surface area contributed by atoms with Gasteiger partial charge in [0.2, 0.25) is 0 Å². The molecule has 134 valence electrons. The van der Waals surface area contributed by atoms with E-state index in [1.165, 1.54) is 5.56 Å². The molecule has 2 aliphatic heterocycles. The number of fused-ring (bicyclic) bond motifs is 1. The normalized spacial score (nSPS) is 27.5. The van der Waals surface area contributed by atoms with Gasteiger partial charge in [0, 0.05) is 57.6 Å². The number of hydrogen-bond acceptors (Lipinski definition) is 5. The maximum Gasteiger partial charge on any atom is 0.118 e. The highest BCUT2D eigenvalue weighted by atomic mass is 16.5. The molecule has 0 N–H and O–H groups in total. The maximum atomic E-state index is 5.82. The summed E-state index contributed by atoms with van der Waals surface area (Å²) >= 11 is 0. The van der Waals surface area contributed by atoms with Gasteiger partial charge in [-0.2, -0.15) is 0 Å². The molecule has 3 atom stereocenters. The van der Waals surface area contributed by atoms with Gasteiger partial charge in [-0.3, -0.25) is 14.8 Å². The zero-order valence-corrected chi connectivity index (χ0v) is 15.1. The van der Waals surface area contributed by atoms with E-state index in [9.17, 15) is 0 Å². The fourth-order valence-corrected chi connectivity index (χ4v) is 4.46. The van der Waals surface area contributed by atoms with Crippen LogP contribution in [-0.4, -0.2) is 53.7 Å². The molecule has 0 spiro atoms. The average Bonchev–Trinajstić information content (AvgIpc) is 3.22. The van der Waals surface area contributed by atoms with E-state index in [2.05, 4.69) is 33.0 Å². The first-order valence-electron chi connectivity index (χ1n) is 9.16. The molecule has 2 fully saturated rings. The fourth-order valence-electron chi connectivity index (χ4n) is 4.46. The van der Waals surface area contributed by atoms with Crippen LogP contribution in [0.25, 0.3) is 0 Å². The number of likely N-dealkylation sites (tertiary alicyclic amines) is 2. The van der Waals surface area contributed by atoms with Crippen LogP contribution in [0, 0.1) is 12.8 Å². The van der Waals surface area contributed by atoms with Crippen LogP contribution in [0.15, 0.2) is 41.1 Å². The first-order chi connectivity index (χ1) is 12.2. The molecule has 2 aromatic heterocycles. The largest absolute Gasteiger partial charge is 0.465 e. The van der Waals surface area contributed by atoms with Crippen LogP contribution in [0.4, 0.5) is 0 Å². The number of aromatic nitrogens is 1. The molecule has 0 aliphatic carbocycles. The number of nitrogens with zero attached hydrogens (tertiary/aromatic N) is 3. The van der Waals surface area contributed by atoms with Crippen LogP contribution >= 0.6 is 0 Å². The molecule has 0 unspecified atom stereocenters. The van der Waals surface area contributed by atoms with Crippen molar-refractivity contribution in [3.8, 4) is 0 Å². The minimum Gasteiger partial charge on any atom is -0.465 e. The third-order valence-corrected chi connectivity index (χ3v) is 5.64. The number of pyridine rings is 1. The number of furan rings is 1. The van der Waals surface area contributed by atoms with E-state index in [1.54, 1.807) is 0 Å². The summed E-state index contributed by atoms with van der Waals surface area (Å²) in [4.78, 5) is 9.38.